The van der Waals surface area contributed by atoms with E-state index in [9.17, 15) is 26.8 Å². The molecule has 4 N–H and O–H groups in total. The highest BCUT2D eigenvalue weighted by Gasteiger charge is 2.55. The molecule has 2 fully saturated rings. The van der Waals surface area contributed by atoms with Crippen molar-refractivity contribution in [2.24, 2.45) is 5.14 Å². The molecule has 0 saturated carbocycles. The van der Waals surface area contributed by atoms with E-state index in [2.05, 4.69) is 36.1 Å². The van der Waals surface area contributed by atoms with Gasteiger partial charge in [-0.15, -0.1) is 0 Å². The number of piperidine rings is 1. The number of piperazine rings is 1. The first kappa shape index (κ1) is 26.8. The van der Waals surface area contributed by atoms with Gasteiger partial charge in [0, 0.05) is 45.0 Å². The number of hydroxylamine groups is 1. The Hall–Kier alpha value is -1.77. The van der Waals surface area contributed by atoms with Crippen LogP contribution in [0.3, 0.4) is 0 Å². The smallest absolute Gasteiger partial charge is 0.276 e. The van der Waals surface area contributed by atoms with Crippen molar-refractivity contribution in [1.82, 2.24) is 14.1 Å². The molecule has 0 spiro atoms. The second kappa shape index (κ2) is 10.9. The molecule has 192 valence electrons. The third-order valence-corrected chi connectivity index (χ3v) is 10.6. The van der Waals surface area contributed by atoms with Crippen molar-refractivity contribution in [2.45, 2.75) is 50.2 Å². The molecule has 2 saturated heterocycles. The Morgan fingerprint density at radius 3 is 2.06 bits per heavy atom. The summed E-state index contributed by atoms with van der Waals surface area (Å²) in [6, 6.07) is 8.31. The third kappa shape index (κ3) is 5.55. The van der Waals surface area contributed by atoms with Gasteiger partial charge >= 0.3 is 0 Å². The number of carbonyl (C=O) groups is 1. The second-order valence-corrected chi connectivity index (χ2v) is 12.7. The zero-order valence-electron chi connectivity index (χ0n) is 19.5. The Bertz CT molecular complexity index is 1050. The first-order valence-electron chi connectivity index (χ1n) is 11.6. The Labute approximate surface area is 202 Å². The first-order valence-corrected chi connectivity index (χ1v) is 14.6. The van der Waals surface area contributed by atoms with E-state index < -0.39 is 30.9 Å². The fraction of sp³-hybridized carbons (Fsp3) is 0.667. The van der Waals surface area contributed by atoms with Gasteiger partial charge in [-0.1, -0.05) is 31.9 Å². The van der Waals surface area contributed by atoms with Crippen molar-refractivity contribution >= 4 is 31.8 Å². The fourth-order valence-electron chi connectivity index (χ4n) is 4.69. The maximum absolute atomic E-state index is 13.6. The van der Waals surface area contributed by atoms with Crippen LogP contribution in [0, 0.1) is 0 Å². The predicted octanol–water partition coefficient (Wildman–Crippen LogP) is 0.415. The summed E-state index contributed by atoms with van der Waals surface area (Å²) in [6.45, 7) is 2.99. The van der Waals surface area contributed by atoms with Gasteiger partial charge in [-0.3, -0.25) is 10.0 Å². The molecular formula is C21H35N5O6S2. The third-order valence-electron chi connectivity index (χ3n) is 6.85. The van der Waals surface area contributed by atoms with Gasteiger partial charge in [-0.25, -0.2) is 19.0 Å². The van der Waals surface area contributed by atoms with Gasteiger partial charge in [0.05, 0.1) is 0 Å². The lowest BCUT2D eigenvalue weighted by molar-refractivity contribution is -0.133. The number of nitrogens with zero attached hydrogens (tertiary/aromatic N) is 3. The predicted molar refractivity (Wildman–Crippen MR) is 129 cm³/mol. The number of hydrogen-bond donors (Lipinski definition) is 3. The van der Waals surface area contributed by atoms with Crippen LogP contribution in [0.15, 0.2) is 24.3 Å². The lowest BCUT2D eigenvalue weighted by atomic mass is 9.96. The fourth-order valence-corrected chi connectivity index (χ4v) is 7.50. The van der Waals surface area contributed by atoms with Crippen LogP contribution < -0.4 is 15.5 Å². The van der Waals surface area contributed by atoms with Gasteiger partial charge in [-0.2, -0.15) is 17.0 Å². The van der Waals surface area contributed by atoms with Crippen LogP contribution in [0.2, 0.25) is 0 Å². The van der Waals surface area contributed by atoms with Gasteiger partial charge in [0.2, 0.25) is 10.0 Å². The SMILES string of the molecule is CCCCCc1ccc(N2CCN(S(=O)(=O)C3(C(=O)NO)CCN(S(N)(=O)=O)CC3)CC2)cc1. The van der Waals surface area contributed by atoms with Crippen molar-refractivity contribution in [3.05, 3.63) is 29.8 Å². The highest BCUT2D eigenvalue weighted by atomic mass is 32.2. The molecular weight excluding hydrogens is 482 g/mol. The van der Waals surface area contributed by atoms with E-state index in [1.165, 1.54) is 28.2 Å². The zero-order chi connectivity index (χ0) is 25.0. The molecule has 0 radical (unpaired) electrons. The molecule has 1 amide bonds. The molecule has 0 aliphatic carbocycles. The standard InChI is InChI=1S/C21H35N5O6S2/c1-2-3-4-5-18-6-8-19(9-7-18)24-14-16-25(17-15-24)33(29,30)21(20(27)23-28)10-12-26(13-11-21)34(22,31)32/h6-9,28H,2-5,10-17H2,1H3,(H,23,27)(H2,22,31,32). The number of nitrogens with one attached hydrogen (secondary N) is 1. The van der Waals surface area contributed by atoms with Crippen LogP contribution in [0.5, 0.6) is 0 Å². The Balaban J connectivity index is 1.68. The molecule has 0 aromatic heterocycles. The number of carbonyl (C=O) groups excluding carboxylic acids is 1. The number of benzene rings is 1. The number of aryl methyl sites for hydroxylation is 1. The molecule has 0 unspecified atom stereocenters. The first-order chi connectivity index (χ1) is 16.0. The van der Waals surface area contributed by atoms with Gasteiger partial charge in [-0.05, 0) is 43.4 Å². The van der Waals surface area contributed by atoms with Crippen molar-refractivity contribution < 1.29 is 26.8 Å². The molecule has 34 heavy (non-hydrogen) atoms. The summed E-state index contributed by atoms with van der Waals surface area (Å²) in [5.74, 6) is -1.05. The van der Waals surface area contributed by atoms with Gasteiger partial charge < -0.3 is 4.90 Å². The number of hydrogen-bond acceptors (Lipinski definition) is 7. The van der Waals surface area contributed by atoms with Gasteiger partial charge in [0.1, 0.15) is 0 Å². The van der Waals surface area contributed by atoms with E-state index in [0.717, 1.165) is 22.8 Å². The van der Waals surface area contributed by atoms with E-state index in [-0.39, 0.29) is 39.0 Å². The molecule has 11 nitrogen and oxygen atoms in total. The van der Waals surface area contributed by atoms with Crippen LogP contribution in [-0.2, 0) is 31.4 Å². The Morgan fingerprint density at radius 2 is 1.56 bits per heavy atom. The van der Waals surface area contributed by atoms with E-state index in [4.69, 9.17) is 5.14 Å². The molecule has 1 aromatic rings. The van der Waals surface area contributed by atoms with Crippen LogP contribution in [-0.4, -0.2) is 80.6 Å². The average molecular weight is 518 g/mol. The largest absolute Gasteiger partial charge is 0.369 e. The van der Waals surface area contributed by atoms with E-state index in [1.807, 2.05) is 0 Å². The second-order valence-electron chi connectivity index (χ2n) is 8.89. The average Bonchev–Trinajstić information content (AvgIpc) is 2.83. The van der Waals surface area contributed by atoms with E-state index in [1.54, 1.807) is 0 Å². The topological polar surface area (TPSA) is 153 Å². The van der Waals surface area contributed by atoms with Crippen molar-refractivity contribution in [3.8, 4) is 0 Å². The van der Waals surface area contributed by atoms with Gasteiger partial charge in [0.15, 0.2) is 4.75 Å². The molecule has 13 heteroatoms. The van der Waals surface area contributed by atoms with E-state index >= 15 is 0 Å². The quantitative estimate of drug-likeness (QED) is 0.244. The summed E-state index contributed by atoms with van der Waals surface area (Å²) in [6.07, 6.45) is 3.99. The minimum atomic E-state index is -4.18. The Morgan fingerprint density at radius 1 is 0.971 bits per heavy atom. The van der Waals surface area contributed by atoms with Crippen LogP contribution in [0.25, 0.3) is 0 Å². The highest BCUT2D eigenvalue weighted by molar-refractivity contribution is 7.91. The summed E-state index contributed by atoms with van der Waals surface area (Å²) >= 11 is 0. The number of unbranched alkanes of at least 4 members (excludes halogenated alkanes) is 2. The minimum Gasteiger partial charge on any atom is -0.369 e. The molecule has 3 rings (SSSR count). The lowest BCUT2D eigenvalue weighted by Crippen LogP contribution is -2.64. The van der Waals surface area contributed by atoms with Crippen LogP contribution in [0.1, 0.15) is 44.6 Å². The summed E-state index contributed by atoms with van der Waals surface area (Å²) < 4.78 is 50.7. The maximum Gasteiger partial charge on any atom is 0.276 e. The highest BCUT2D eigenvalue weighted by Crippen LogP contribution is 2.35. The van der Waals surface area contributed by atoms with Crippen molar-refractivity contribution in [2.75, 3.05) is 44.2 Å². The lowest BCUT2D eigenvalue weighted by Gasteiger charge is -2.43. The molecule has 2 heterocycles. The zero-order valence-corrected chi connectivity index (χ0v) is 21.2. The van der Waals surface area contributed by atoms with Crippen molar-refractivity contribution in [1.29, 1.82) is 0 Å². The molecule has 0 bridgehead atoms. The number of anilines is 1. The summed E-state index contributed by atoms with van der Waals surface area (Å²) in [4.78, 5) is 14.7. The molecule has 0 atom stereocenters. The maximum atomic E-state index is 13.6. The number of amides is 1. The molecule has 1 aromatic carbocycles. The minimum absolute atomic E-state index is 0.181. The number of nitrogens with two attached hydrogens (primary N) is 1. The summed E-state index contributed by atoms with van der Waals surface area (Å²) in [5, 5.41) is 14.4. The Kier molecular flexibility index (Phi) is 8.58. The van der Waals surface area contributed by atoms with E-state index in [0.29, 0.717) is 13.1 Å². The van der Waals surface area contributed by atoms with Gasteiger partial charge in [0.25, 0.3) is 16.1 Å². The van der Waals surface area contributed by atoms with Crippen LogP contribution in [0.4, 0.5) is 5.69 Å². The molecule has 2 aliphatic heterocycles. The summed E-state index contributed by atoms with van der Waals surface area (Å²) in [5.41, 5.74) is 3.77. The molecule has 2 aliphatic rings. The normalized spacial score (nSPS) is 20.3. The monoisotopic (exact) mass is 517 g/mol. The number of rotatable bonds is 9. The van der Waals surface area contributed by atoms with Crippen molar-refractivity contribution in [3.63, 3.8) is 0 Å². The summed E-state index contributed by atoms with van der Waals surface area (Å²) in [7, 11) is -8.18. The number of sulfonamides is 1. The van der Waals surface area contributed by atoms with Crippen LogP contribution >= 0.6 is 0 Å².